The van der Waals surface area contributed by atoms with Crippen LogP contribution < -0.4 is 5.32 Å². The third kappa shape index (κ3) is 4.08. The Morgan fingerprint density at radius 1 is 1.29 bits per heavy atom. The van der Waals surface area contributed by atoms with Crippen LogP contribution in [0.25, 0.3) is 0 Å². The van der Waals surface area contributed by atoms with Gasteiger partial charge in [0.25, 0.3) is 0 Å². The number of aliphatic hydroxyl groups excluding tert-OH is 1. The monoisotopic (exact) mass is 289 g/mol. The molecule has 0 saturated carbocycles. The van der Waals surface area contributed by atoms with E-state index in [0.29, 0.717) is 18.1 Å². The minimum Gasteiger partial charge on any atom is -0.396 e. The average molecular weight is 289 g/mol. The molecule has 1 unspecified atom stereocenters. The van der Waals surface area contributed by atoms with Crippen LogP contribution in [0.4, 0.5) is 0 Å². The highest BCUT2D eigenvalue weighted by atomic mass is 16.2. The summed E-state index contributed by atoms with van der Waals surface area (Å²) in [5, 5.41) is 12.9. The van der Waals surface area contributed by atoms with E-state index in [1.807, 2.05) is 0 Å². The fourth-order valence-corrected chi connectivity index (χ4v) is 3.48. The molecule has 0 aliphatic heterocycles. The number of benzene rings is 1. The standard InChI is InChI=1S/C19H31NO/c1-18(2,11-7-13-21)14-20-17-16-9-6-5-8-15(16)10-12-19(17,3)4/h5-6,8-9,17,20-21H,7,10-14H2,1-4H3. The molecule has 0 spiro atoms. The van der Waals surface area contributed by atoms with Crippen LogP contribution in [0.1, 0.15) is 64.1 Å². The van der Waals surface area contributed by atoms with Gasteiger partial charge in [0.1, 0.15) is 0 Å². The molecule has 21 heavy (non-hydrogen) atoms. The Kier molecular flexibility index (Phi) is 5.11. The maximum atomic E-state index is 9.04. The number of aliphatic hydroxyl groups is 1. The summed E-state index contributed by atoms with van der Waals surface area (Å²) in [6, 6.07) is 9.30. The Balaban J connectivity index is 2.10. The zero-order valence-electron chi connectivity index (χ0n) is 14.1. The number of hydrogen-bond donors (Lipinski definition) is 2. The Labute approximate surface area is 130 Å². The summed E-state index contributed by atoms with van der Waals surface area (Å²) < 4.78 is 0. The normalized spacial score (nSPS) is 21.1. The fraction of sp³-hybridized carbons (Fsp3) is 0.684. The molecule has 2 heteroatoms. The van der Waals surface area contributed by atoms with Crippen molar-refractivity contribution in [1.29, 1.82) is 0 Å². The van der Waals surface area contributed by atoms with Crippen molar-refractivity contribution < 1.29 is 5.11 Å². The van der Waals surface area contributed by atoms with Crippen molar-refractivity contribution in [2.24, 2.45) is 10.8 Å². The lowest BCUT2D eigenvalue weighted by atomic mass is 9.70. The van der Waals surface area contributed by atoms with Crippen molar-refractivity contribution in [1.82, 2.24) is 5.32 Å². The lowest BCUT2D eigenvalue weighted by molar-refractivity contribution is 0.176. The summed E-state index contributed by atoms with van der Waals surface area (Å²) in [6.45, 7) is 10.6. The average Bonchev–Trinajstić information content (AvgIpc) is 2.43. The quantitative estimate of drug-likeness (QED) is 0.827. The third-order valence-corrected chi connectivity index (χ3v) is 4.98. The Hall–Kier alpha value is -0.860. The van der Waals surface area contributed by atoms with Crippen molar-refractivity contribution in [2.45, 2.75) is 59.4 Å². The van der Waals surface area contributed by atoms with Crippen LogP contribution in [-0.2, 0) is 6.42 Å². The second-order valence-corrected chi connectivity index (χ2v) is 7.99. The molecular weight excluding hydrogens is 258 g/mol. The van der Waals surface area contributed by atoms with Crippen LogP contribution in [0.5, 0.6) is 0 Å². The van der Waals surface area contributed by atoms with Crippen molar-refractivity contribution in [3.05, 3.63) is 35.4 Å². The van der Waals surface area contributed by atoms with E-state index in [-0.39, 0.29) is 5.41 Å². The van der Waals surface area contributed by atoms with Gasteiger partial charge in [0, 0.05) is 19.2 Å². The van der Waals surface area contributed by atoms with Crippen LogP contribution in [0.15, 0.2) is 24.3 Å². The SMILES string of the molecule is CC(C)(CCCO)CNC1c2ccccc2CCC1(C)C. The summed E-state index contributed by atoms with van der Waals surface area (Å²) in [6.07, 6.45) is 4.37. The van der Waals surface area contributed by atoms with E-state index in [9.17, 15) is 0 Å². The van der Waals surface area contributed by atoms with Gasteiger partial charge >= 0.3 is 0 Å². The number of rotatable bonds is 6. The highest BCUT2D eigenvalue weighted by Crippen LogP contribution is 2.43. The number of hydrogen-bond acceptors (Lipinski definition) is 2. The predicted octanol–water partition coefficient (Wildman–Crippen LogP) is 4.09. The molecule has 0 saturated heterocycles. The molecular formula is C19H31NO. The first-order valence-electron chi connectivity index (χ1n) is 8.28. The maximum absolute atomic E-state index is 9.04. The molecule has 1 aromatic carbocycles. The van der Waals surface area contributed by atoms with Gasteiger partial charge in [-0.25, -0.2) is 0 Å². The Morgan fingerprint density at radius 3 is 2.71 bits per heavy atom. The molecule has 118 valence electrons. The van der Waals surface area contributed by atoms with Crippen LogP contribution in [0, 0.1) is 10.8 Å². The first-order valence-corrected chi connectivity index (χ1v) is 8.28. The predicted molar refractivity (Wildman–Crippen MR) is 89.4 cm³/mol. The number of fused-ring (bicyclic) bond motifs is 1. The Morgan fingerprint density at radius 2 is 2.00 bits per heavy atom. The molecule has 2 N–H and O–H groups in total. The molecule has 0 radical (unpaired) electrons. The summed E-state index contributed by atoms with van der Waals surface area (Å²) in [7, 11) is 0. The second kappa shape index (κ2) is 6.50. The molecule has 0 amide bonds. The van der Waals surface area contributed by atoms with Gasteiger partial charge in [-0.05, 0) is 47.6 Å². The van der Waals surface area contributed by atoms with Crippen LogP contribution in [0.3, 0.4) is 0 Å². The van der Waals surface area contributed by atoms with Gasteiger partial charge in [0.2, 0.25) is 0 Å². The lowest BCUT2D eigenvalue weighted by Crippen LogP contribution is -2.42. The summed E-state index contributed by atoms with van der Waals surface area (Å²) in [5.41, 5.74) is 3.50. The van der Waals surface area contributed by atoms with Gasteiger partial charge in [-0.1, -0.05) is 52.0 Å². The molecule has 0 heterocycles. The largest absolute Gasteiger partial charge is 0.396 e. The van der Waals surface area contributed by atoms with Crippen molar-refractivity contribution in [2.75, 3.05) is 13.2 Å². The molecule has 0 fully saturated rings. The molecule has 0 aromatic heterocycles. The highest BCUT2D eigenvalue weighted by molar-refractivity contribution is 5.34. The van der Waals surface area contributed by atoms with Gasteiger partial charge in [-0.2, -0.15) is 0 Å². The molecule has 1 atom stereocenters. The van der Waals surface area contributed by atoms with Crippen LogP contribution >= 0.6 is 0 Å². The zero-order chi connectivity index (χ0) is 15.5. The molecule has 2 rings (SSSR count). The van der Waals surface area contributed by atoms with E-state index in [2.05, 4.69) is 57.3 Å². The van der Waals surface area contributed by atoms with Gasteiger partial charge < -0.3 is 10.4 Å². The van der Waals surface area contributed by atoms with Gasteiger partial charge in [-0.3, -0.25) is 0 Å². The third-order valence-electron chi connectivity index (χ3n) is 4.98. The van der Waals surface area contributed by atoms with E-state index in [1.165, 1.54) is 24.0 Å². The molecule has 1 aliphatic carbocycles. The van der Waals surface area contributed by atoms with E-state index in [4.69, 9.17) is 5.11 Å². The molecule has 2 nitrogen and oxygen atoms in total. The second-order valence-electron chi connectivity index (χ2n) is 7.99. The van der Waals surface area contributed by atoms with Gasteiger partial charge in [0.05, 0.1) is 0 Å². The minimum absolute atomic E-state index is 0.227. The first kappa shape index (κ1) is 16.5. The summed E-state index contributed by atoms with van der Waals surface area (Å²) >= 11 is 0. The molecule has 0 bridgehead atoms. The van der Waals surface area contributed by atoms with Gasteiger partial charge in [0.15, 0.2) is 0 Å². The maximum Gasteiger partial charge on any atom is 0.0431 e. The zero-order valence-corrected chi connectivity index (χ0v) is 14.1. The lowest BCUT2D eigenvalue weighted by Gasteiger charge is -2.42. The van der Waals surface area contributed by atoms with Crippen molar-refractivity contribution >= 4 is 0 Å². The van der Waals surface area contributed by atoms with Crippen molar-refractivity contribution in [3.63, 3.8) is 0 Å². The van der Waals surface area contributed by atoms with E-state index in [1.54, 1.807) is 0 Å². The first-order chi connectivity index (χ1) is 9.86. The minimum atomic E-state index is 0.227. The van der Waals surface area contributed by atoms with Crippen LogP contribution in [0.2, 0.25) is 0 Å². The summed E-state index contributed by atoms with van der Waals surface area (Å²) in [5.74, 6) is 0. The van der Waals surface area contributed by atoms with Crippen LogP contribution in [-0.4, -0.2) is 18.3 Å². The Bertz CT molecular complexity index is 464. The molecule has 1 aromatic rings. The van der Waals surface area contributed by atoms with Crippen molar-refractivity contribution in [3.8, 4) is 0 Å². The number of aryl methyl sites for hydroxylation is 1. The summed E-state index contributed by atoms with van der Waals surface area (Å²) in [4.78, 5) is 0. The van der Waals surface area contributed by atoms with Gasteiger partial charge in [-0.15, -0.1) is 0 Å². The number of nitrogens with one attached hydrogen (secondary N) is 1. The highest BCUT2D eigenvalue weighted by Gasteiger charge is 2.36. The van der Waals surface area contributed by atoms with E-state index >= 15 is 0 Å². The smallest absolute Gasteiger partial charge is 0.0431 e. The fourth-order valence-electron chi connectivity index (χ4n) is 3.48. The van der Waals surface area contributed by atoms with E-state index < -0.39 is 0 Å². The van der Waals surface area contributed by atoms with E-state index in [0.717, 1.165) is 19.4 Å². The topological polar surface area (TPSA) is 32.3 Å². The molecule has 1 aliphatic rings.